The monoisotopic (exact) mass is 210 g/mol. The zero-order valence-electron chi connectivity index (χ0n) is 8.80. The molecular weight excluding hydrogens is 192 g/mol. The summed E-state index contributed by atoms with van der Waals surface area (Å²) in [6.07, 6.45) is 5.48. The van der Waals surface area contributed by atoms with Gasteiger partial charge in [0.25, 0.3) is 0 Å². The standard InChI is InChI=1S/C11H18N2O2/c12-10-2-1-9(5-10)11(15)13-4-3-8(6-13)7-14/h1-2,8-10,14H,3-7,12H2. The molecular formula is C11H18N2O2. The molecule has 1 fully saturated rings. The summed E-state index contributed by atoms with van der Waals surface area (Å²) in [4.78, 5) is 13.8. The van der Waals surface area contributed by atoms with Crippen molar-refractivity contribution in [3.63, 3.8) is 0 Å². The Balaban J connectivity index is 1.89. The minimum atomic E-state index is -0.0301. The number of rotatable bonds is 2. The molecule has 4 nitrogen and oxygen atoms in total. The zero-order valence-corrected chi connectivity index (χ0v) is 8.80. The molecule has 0 aromatic rings. The van der Waals surface area contributed by atoms with Crippen molar-refractivity contribution in [2.45, 2.75) is 18.9 Å². The maximum atomic E-state index is 12.0. The van der Waals surface area contributed by atoms with E-state index in [1.165, 1.54) is 0 Å². The smallest absolute Gasteiger partial charge is 0.229 e. The fourth-order valence-corrected chi connectivity index (χ4v) is 2.33. The van der Waals surface area contributed by atoms with Crippen molar-refractivity contribution in [1.82, 2.24) is 4.90 Å². The molecule has 2 aliphatic rings. The van der Waals surface area contributed by atoms with Gasteiger partial charge in [-0.1, -0.05) is 12.2 Å². The van der Waals surface area contributed by atoms with E-state index in [1.807, 2.05) is 17.1 Å². The molecule has 3 N–H and O–H groups in total. The number of amides is 1. The molecule has 0 aromatic heterocycles. The molecule has 1 saturated heterocycles. The summed E-state index contributed by atoms with van der Waals surface area (Å²) in [6, 6.07) is 0.0372. The number of aliphatic hydroxyl groups excluding tert-OH is 1. The highest BCUT2D eigenvalue weighted by Crippen LogP contribution is 2.23. The van der Waals surface area contributed by atoms with Gasteiger partial charge in [0, 0.05) is 31.7 Å². The Bertz CT molecular complexity index is 278. The summed E-state index contributed by atoms with van der Waals surface area (Å²) in [5, 5.41) is 9.00. The molecule has 1 aliphatic heterocycles. The van der Waals surface area contributed by atoms with Crippen LogP contribution >= 0.6 is 0 Å². The third-order valence-corrected chi connectivity index (χ3v) is 3.29. The Morgan fingerprint density at radius 2 is 2.33 bits per heavy atom. The Kier molecular flexibility index (Phi) is 3.07. The number of aliphatic hydroxyl groups is 1. The molecule has 0 spiro atoms. The SMILES string of the molecule is NC1C=CC(C(=O)N2CCC(CO)C2)C1. The van der Waals surface area contributed by atoms with Gasteiger partial charge in [-0.05, 0) is 12.8 Å². The maximum Gasteiger partial charge on any atom is 0.229 e. The van der Waals surface area contributed by atoms with Gasteiger partial charge < -0.3 is 15.7 Å². The number of hydrogen-bond donors (Lipinski definition) is 2. The lowest BCUT2D eigenvalue weighted by Crippen LogP contribution is -2.34. The normalized spacial score (nSPS) is 35.1. The molecule has 84 valence electrons. The van der Waals surface area contributed by atoms with Crippen LogP contribution in [0.2, 0.25) is 0 Å². The van der Waals surface area contributed by atoms with Crippen molar-refractivity contribution in [3.8, 4) is 0 Å². The van der Waals surface area contributed by atoms with Crippen molar-refractivity contribution in [2.24, 2.45) is 17.6 Å². The molecule has 0 bridgehead atoms. The summed E-state index contributed by atoms with van der Waals surface area (Å²) in [7, 11) is 0. The maximum absolute atomic E-state index is 12.0. The van der Waals surface area contributed by atoms with Gasteiger partial charge in [0.2, 0.25) is 5.91 Å². The number of hydrogen-bond acceptors (Lipinski definition) is 3. The second-order valence-electron chi connectivity index (χ2n) is 4.51. The lowest BCUT2D eigenvalue weighted by Gasteiger charge is -2.19. The van der Waals surface area contributed by atoms with Crippen LogP contribution in [-0.2, 0) is 4.79 Å². The predicted octanol–water partition coefficient (Wildman–Crippen LogP) is -0.269. The molecule has 0 radical (unpaired) electrons. The molecule has 3 atom stereocenters. The largest absolute Gasteiger partial charge is 0.396 e. The van der Waals surface area contributed by atoms with Crippen molar-refractivity contribution >= 4 is 5.91 Å². The first-order chi connectivity index (χ1) is 7.20. The minimum Gasteiger partial charge on any atom is -0.396 e. The predicted molar refractivity (Wildman–Crippen MR) is 57.0 cm³/mol. The highest BCUT2D eigenvalue weighted by Gasteiger charge is 2.31. The van der Waals surface area contributed by atoms with Gasteiger partial charge in [-0.2, -0.15) is 0 Å². The number of carbonyl (C=O) groups excluding carboxylic acids is 1. The van der Waals surface area contributed by atoms with Crippen molar-refractivity contribution in [3.05, 3.63) is 12.2 Å². The van der Waals surface area contributed by atoms with E-state index in [4.69, 9.17) is 10.8 Å². The first kappa shape index (κ1) is 10.6. The third-order valence-electron chi connectivity index (χ3n) is 3.29. The van der Waals surface area contributed by atoms with Crippen molar-refractivity contribution in [2.75, 3.05) is 19.7 Å². The molecule has 0 aromatic carbocycles. The Morgan fingerprint density at radius 3 is 2.87 bits per heavy atom. The lowest BCUT2D eigenvalue weighted by molar-refractivity contribution is -0.133. The number of likely N-dealkylation sites (tertiary alicyclic amines) is 1. The number of nitrogens with zero attached hydrogens (tertiary/aromatic N) is 1. The van der Waals surface area contributed by atoms with Gasteiger partial charge in [0.15, 0.2) is 0 Å². The van der Waals surface area contributed by atoms with Crippen LogP contribution in [0.4, 0.5) is 0 Å². The van der Waals surface area contributed by atoms with Gasteiger partial charge in [0.1, 0.15) is 0 Å². The zero-order chi connectivity index (χ0) is 10.8. The van der Waals surface area contributed by atoms with Gasteiger partial charge in [-0.3, -0.25) is 4.79 Å². The molecule has 3 unspecified atom stereocenters. The minimum absolute atomic E-state index is 0.0301. The highest BCUT2D eigenvalue weighted by atomic mass is 16.3. The van der Waals surface area contributed by atoms with Crippen LogP contribution in [0, 0.1) is 11.8 Å². The Labute approximate surface area is 89.7 Å². The first-order valence-corrected chi connectivity index (χ1v) is 5.54. The molecule has 1 amide bonds. The summed E-state index contributed by atoms with van der Waals surface area (Å²) in [5.41, 5.74) is 5.72. The summed E-state index contributed by atoms with van der Waals surface area (Å²) in [6.45, 7) is 1.67. The summed E-state index contributed by atoms with van der Waals surface area (Å²) in [5.74, 6) is 0.417. The quantitative estimate of drug-likeness (QED) is 0.617. The van der Waals surface area contributed by atoms with Gasteiger partial charge in [0.05, 0.1) is 5.92 Å². The summed E-state index contributed by atoms with van der Waals surface area (Å²) < 4.78 is 0. The van der Waals surface area contributed by atoms with Crippen LogP contribution in [0.3, 0.4) is 0 Å². The van der Waals surface area contributed by atoms with E-state index in [1.54, 1.807) is 0 Å². The first-order valence-electron chi connectivity index (χ1n) is 5.54. The molecule has 2 rings (SSSR count). The Hall–Kier alpha value is -0.870. The van der Waals surface area contributed by atoms with E-state index in [2.05, 4.69) is 0 Å². The van der Waals surface area contributed by atoms with E-state index >= 15 is 0 Å². The number of nitrogens with two attached hydrogens (primary N) is 1. The van der Waals surface area contributed by atoms with E-state index in [9.17, 15) is 4.79 Å². The second-order valence-corrected chi connectivity index (χ2v) is 4.51. The van der Waals surface area contributed by atoms with Gasteiger partial charge in [-0.15, -0.1) is 0 Å². The van der Waals surface area contributed by atoms with Crippen LogP contribution in [0.1, 0.15) is 12.8 Å². The van der Waals surface area contributed by atoms with Crippen LogP contribution < -0.4 is 5.73 Å². The average Bonchev–Trinajstić information content (AvgIpc) is 2.84. The van der Waals surface area contributed by atoms with E-state index < -0.39 is 0 Å². The molecule has 15 heavy (non-hydrogen) atoms. The topological polar surface area (TPSA) is 66.6 Å². The van der Waals surface area contributed by atoms with Crippen molar-refractivity contribution < 1.29 is 9.90 Å². The average molecular weight is 210 g/mol. The number of carbonyl (C=O) groups is 1. The third kappa shape index (κ3) is 2.21. The van der Waals surface area contributed by atoms with E-state index in [-0.39, 0.29) is 30.4 Å². The highest BCUT2D eigenvalue weighted by molar-refractivity contribution is 5.81. The van der Waals surface area contributed by atoms with E-state index in [0.717, 1.165) is 19.4 Å². The van der Waals surface area contributed by atoms with Crippen molar-refractivity contribution in [1.29, 1.82) is 0 Å². The molecule has 0 saturated carbocycles. The molecule has 4 heteroatoms. The molecule has 1 aliphatic carbocycles. The van der Waals surface area contributed by atoms with Crippen LogP contribution in [0.15, 0.2) is 12.2 Å². The lowest BCUT2D eigenvalue weighted by atomic mass is 10.1. The fraction of sp³-hybridized carbons (Fsp3) is 0.727. The van der Waals surface area contributed by atoms with Gasteiger partial charge >= 0.3 is 0 Å². The van der Waals surface area contributed by atoms with E-state index in [0.29, 0.717) is 6.54 Å². The van der Waals surface area contributed by atoms with Crippen LogP contribution in [-0.4, -0.2) is 41.7 Å². The fourth-order valence-electron chi connectivity index (χ4n) is 2.33. The van der Waals surface area contributed by atoms with Crippen LogP contribution in [0.5, 0.6) is 0 Å². The second kappa shape index (κ2) is 4.33. The Morgan fingerprint density at radius 1 is 1.53 bits per heavy atom. The van der Waals surface area contributed by atoms with Crippen LogP contribution in [0.25, 0.3) is 0 Å². The molecule has 1 heterocycles. The summed E-state index contributed by atoms with van der Waals surface area (Å²) >= 11 is 0. The van der Waals surface area contributed by atoms with Gasteiger partial charge in [-0.25, -0.2) is 0 Å².